The third kappa shape index (κ3) is 5.41. The van der Waals surface area contributed by atoms with Crippen molar-refractivity contribution < 1.29 is 61.4 Å². The molecule has 1 aliphatic heterocycles. The van der Waals surface area contributed by atoms with E-state index in [-0.39, 0.29) is 17.1 Å². The number of imidazole rings is 1. The van der Waals surface area contributed by atoms with Gasteiger partial charge in [-0.15, -0.1) is 0 Å². The van der Waals surface area contributed by atoms with Crippen molar-refractivity contribution in [2.24, 2.45) is 0 Å². The average molecular weight is 537 g/mol. The van der Waals surface area contributed by atoms with Crippen molar-refractivity contribution in [3.63, 3.8) is 0 Å². The Labute approximate surface area is 182 Å². The molecular formula is C11H18N5O14P3. The molecule has 0 amide bonds. The molecular weight excluding hydrogens is 519 g/mol. The molecule has 0 radical (unpaired) electrons. The lowest BCUT2D eigenvalue weighted by molar-refractivity contribution is -0.126. The summed E-state index contributed by atoms with van der Waals surface area (Å²) >= 11 is 0. The molecule has 0 aliphatic carbocycles. The van der Waals surface area contributed by atoms with Crippen molar-refractivity contribution in [2.45, 2.75) is 24.4 Å². The number of hydrogen-bond acceptors (Lipinski definition) is 13. The Balaban J connectivity index is 1.80. The summed E-state index contributed by atoms with van der Waals surface area (Å²) in [5.41, 5.74) is -0.00368. The number of rotatable bonds is 8. The van der Waals surface area contributed by atoms with Crippen LogP contribution in [0.25, 0.3) is 11.2 Å². The van der Waals surface area contributed by atoms with Crippen molar-refractivity contribution >= 4 is 40.6 Å². The highest BCUT2D eigenvalue weighted by atomic mass is 31.3. The van der Waals surface area contributed by atoms with Crippen LogP contribution in [-0.4, -0.2) is 74.2 Å². The molecule has 186 valence electrons. The van der Waals surface area contributed by atoms with Crippen LogP contribution in [0, 0.1) is 0 Å². The molecule has 3 rings (SSSR count). The molecule has 19 nitrogen and oxygen atoms in total. The first-order valence-corrected chi connectivity index (χ1v) is 13.0. The van der Waals surface area contributed by atoms with E-state index in [2.05, 4.69) is 28.1 Å². The summed E-state index contributed by atoms with van der Waals surface area (Å²) in [6.45, 7) is -0.610. The topological polar surface area (TPSA) is 299 Å². The van der Waals surface area contributed by atoms with Crippen LogP contribution in [0.5, 0.6) is 0 Å². The van der Waals surface area contributed by atoms with Crippen molar-refractivity contribution in [3.8, 4) is 0 Å². The molecule has 0 saturated carbocycles. The Bertz CT molecular complexity index is 1270. The Morgan fingerprint density at radius 3 is 2.52 bits per heavy atom. The molecule has 1 aliphatic rings. The Hall–Kier alpha value is -1.56. The van der Waals surface area contributed by atoms with E-state index < -0.39 is 59.7 Å². The zero-order chi connectivity index (χ0) is 25.0. The monoisotopic (exact) mass is 537 g/mol. The maximum absolute atomic E-state index is 11.9. The lowest BCUT2D eigenvalue weighted by atomic mass is 9.94. The largest absolute Gasteiger partial charge is 0.490 e. The zero-order valence-corrected chi connectivity index (χ0v) is 19.0. The fraction of sp³-hybridized carbons (Fsp3) is 0.545. The van der Waals surface area contributed by atoms with E-state index in [1.165, 1.54) is 0 Å². The van der Waals surface area contributed by atoms with Crippen LogP contribution in [0.15, 0.2) is 11.1 Å². The summed E-state index contributed by atoms with van der Waals surface area (Å²) in [5, 5.41) is 21.8. The quantitative estimate of drug-likeness (QED) is 0.166. The maximum Gasteiger partial charge on any atom is 0.490 e. The molecule has 1 fully saturated rings. The highest BCUT2D eigenvalue weighted by Gasteiger charge is 2.58. The minimum atomic E-state index is -5.76. The number of nitrogens with one attached hydrogen (secondary N) is 1. The van der Waals surface area contributed by atoms with Gasteiger partial charge in [0.1, 0.15) is 11.7 Å². The SMILES string of the molecule is C[C@]1(COP(=O)(O)OP(=O)(O)OP(=O)(O)O)OCC(O)(n2cnc3c(=O)[nH]c(N)nc32)[C@@H]1O. The number of nitrogens with zero attached hydrogens (tertiary/aromatic N) is 3. The summed E-state index contributed by atoms with van der Waals surface area (Å²) in [6, 6.07) is 0. The van der Waals surface area contributed by atoms with Crippen LogP contribution >= 0.6 is 23.5 Å². The molecule has 2 aromatic heterocycles. The first-order valence-electron chi connectivity index (χ1n) is 8.44. The molecule has 0 bridgehead atoms. The molecule has 2 aromatic rings. The van der Waals surface area contributed by atoms with Crippen LogP contribution in [0.3, 0.4) is 0 Å². The molecule has 0 spiro atoms. The van der Waals surface area contributed by atoms with Gasteiger partial charge in [-0.1, -0.05) is 0 Å². The molecule has 1 saturated heterocycles. The number of nitrogen functional groups attached to an aromatic ring is 1. The number of aliphatic hydroxyl groups excluding tert-OH is 1. The highest BCUT2D eigenvalue weighted by molar-refractivity contribution is 7.66. The Kier molecular flexibility index (Phi) is 6.54. The number of phosphoric ester groups is 1. The number of nitrogens with two attached hydrogens (primary N) is 1. The second kappa shape index (κ2) is 8.28. The normalized spacial score (nSPS) is 29.7. The predicted octanol–water partition coefficient (Wildman–Crippen LogP) is -2.16. The van der Waals surface area contributed by atoms with Gasteiger partial charge in [-0.05, 0) is 6.92 Å². The standard InChI is InChI=1S/C11H18N5O14P3/c1-10(2-28-32(23,24)30-33(25,26)29-31(20,21)22)8(18)11(19,3-27-10)16-4-13-5-6(16)14-9(12)15-7(5)17/h4,8,18-19H,2-3H2,1H3,(H,23,24)(H,25,26)(H2,20,21,22)(H3,12,14,15,17)/t8-,10-,11?/m1/s1. The lowest BCUT2D eigenvalue weighted by Gasteiger charge is -2.32. The lowest BCUT2D eigenvalue weighted by Crippen LogP contribution is -2.52. The van der Waals surface area contributed by atoms with Crippen molar-refractivity contribution in [1.82, 2.24) is 19.5 Å². The number of aromatic nitrogens is 4. The number of aliphatic hydroxyl groups is 2. The number of phosphoric acid groups is 3. The van der Waals surface area contributed by atoms with Gasteiger partial charge in [-0.25, -0.2) is 18.7 Å². The van der Waals surface area contributed by atoms with E-state index in [0.717, 1.165) is 17.8 Å². The van der Waals surface area contributed by atoms with Crippen LogP contribution in [0.1, 0.15) is 6.92 Å². The Morgan fingerprint density at radius 1 is 1.27 bits per heavy atom. The van der Waals surface area contributed by atoms with Gasteiger partial charge in [0.15, 0.2) is 16.9 Å². The maximum atomic E-state index is 11.9. The first kappa shape index (κ1) is 26.1. The number of aromatic amines is 1. The van der Waals surface area contributed by atoms with Crippen molar-refractivity contribution in [1.29, 1.82) is 0 Å². The van der Waals surface area contributed by atoms with E-state index in [1.54, 1.807) is 0 Å². The molecule has 5 atom stereocenters. The van der Waals surface area contributed by atoms with Crippen LogP contribution in [0.2, 0.25) is 0 Å². The molecule has 33 heavy (non-hydrogen) atoms. The molecule has 3 heterocycles. The summed E-state index contributed by atoms with van der Waals surface area (Å²) in [6.07, 6.45) is -0.982. The number of ether oxygens (including phenoxy) is 1. The van der Waals surface area contributed by atoms with Gasteiger partial charge in [0.25, 0.3) is 5.56 Å². The van der Waals surface area contributed by atoms with E-state index in [4.69, 9.17) is 20.3 Å². The summed E-state index contributed by atoms with van der Waals surface area (Å²) in [5.74, 6) is -0.318. The zero-order valence-electron chi connectivity index (χ0n) is 16.3. The summed E-state index contributed by atoms with van der Waals surface area (Å²) < 4.78 is 51.9. The predicted molar refractivity (Wildman–Crippen MR) is 103 cm³/mol. The van der Waals surface area contributed by atoms with Gasteiger partial charge in [0.05, 0.1) is 19.5 Å². The summed E-state index contributed by atoms with van der Waals surface area (Å²) in [4.78, 5) is 57.6. The van der Waals surface area contributed by atoms with Crippen LogP contribution in [0.4, 0.5) is 5.95 Å². The molecule has 3 unspecified atom stereocenters. The van der Waals surface area contributed by atoms with E-state index in [0.29, 0.717) is 0 Å². The average Bonchev–Trinajstić information content (AvgIpc) is 3.14. The first-order chi connectivity index (χ1) is 14.9. The number of fused-ring (bicyclic) bond motifs is 1. The summed E-state index contributed by atoms with van der Waals surface area (Å²) in [7, 11) is -16.9. The number of anilines is 1. The minimum absolute atomic E-state index is 0.224. The Morgan fingerprint density at radius 2 is 1.91 bits per heavy atom. The minimum Gasteiger partial charge on any atom is -0.385 e. The number of H-pyrrole nitrogens is 1. The van der Waals surface area contributed by atoms with Gasteiger partial charge >= 0.3 is 23.5 Å². The van der Waals surface area contributed by atoms with E-state index in [9.17, 15) is 38.5 Å². The van der Waals surface area contributed by atoms with Crippen molar-refractivity contribution in [3.05, 3.63) is 16.7 Å². The van der Waals surface area contributed by atoms with Gasteiger partial charge < -0.3 is 40.3 Å². The molecule has 9 N–H and O–H groups in total. The fourth-order valence-corrected chi connectivity index (χ4v) is 6.08. The third-order valence-corrected chi connectivity index (χ3v) is 8.19. The number of hydrogen-bond donors (Lipinski definition) is 8. The van der Waals surface area contributed by atoms with E-state index in [1.807, 2.05) is 0 Å². The molecule has 22 heteroatoms. The van der Waals surface area contributed by atoms with Crippen LogP contribution in [-0.2, 0) is 37.3 Å². The highest BCUT2D eigenvalue weighted by Crippen LogP contribution is 2.66. The van der Waals surface area contributed by atoms with Gasteiger partial charge in [-0.3, -0.25) is 18.9 Å². The molecule has 0 aromatic carbocycles. The van der Waals surface area contributed by atoms with E-state index >= 15 is 0 Å². The fourth-order valence-electron chi connectivity index (χ4n) is 2.96. The second-order valence-electron chi connectivity index (χ2n) is 6.98. The second-order valence-corrected chi connectivity index (χ2v) is 11.4. The van der Waals surface area contributed by atoms with Gasteiger partial charge in [0.2, 0.25) is 5.95 Å². The van der Waals surface area contributed by atoms with Gasteiger partial charge in [0, 0.05) is 0 Å². The van der Waals surface area contributed by atoms with Gasteiger partial charge in [-0.2, -0.15) is 13.6 Å². The smallest absolute Gasteiger partial charge is 0.385 e. The van der Waals surface area contributed by atoms with Crippen molar-refractivity contribution in [2.75, 3.05) is 18.9 Å². The third-order valence-electron chi connectivity index (χ3n) is 4.40. The van der Waals surface area contributed by atoms with Crippen LogP contribution < -0.4 is 11.3 Å².